The second-order valence-corrected chi connectivity index (χ2v) is 12.2. The Hall–Kier alpha value is -2.99. The topological polar surface area (TPSA) is 85.4 Å². The summed E-state index contributed by atoms with van der Waals surface area (Å²) in [7, 11) is -3.44. The van der Waals surface area contributed by atoms with Gasteiger partial charge in [-0.1, -0.05) is 12.0 Å². The Bertz CT molecular complexity index is 1220. The minimum Gasteiger partial charge on any atom is -0.444 e. The number of alkyl carbamates (subject to hydrolysis) is 1. The highest BCUT2D eigenvalue weighted by Gasteiger charge is 2.28. The normalized spacial score (nSPS) is 13.0. The van der Waals surface area contributed by atoms with Crippen molar-refractivity contribution in [3.05, 3.63) is 64.5 Å². The van der Waals surface area contributed by atoms with Crippen LogP contribution < -0.4 is 5.32 Å². The number of hydrogen-bond donors (Lipinski definition) is 1. The van der Waals surface area contributed by atoms with E-state index in [4.69, 9.17) is 4.74 Å². The van der Waals surface area contributed by atoms with Gasteiger partial charge in [-0.3, -0.25) is 0 Å². The van der Waals surface area contributed by atoms with Gasteiger partial charge < -0.3 is 10.1 Å². The quantitative estimate of drug-likeness (QED) is 0.614. The Morgan fingerprint density at radius 2 is 1.71 bits per heavy atom. The number of aryl methyl sites for hydroxylation is 1. The molecule has 1 aromatic carbocycles. The summed E-state index contributed by atoms with van der Waals surface area (Å²) >= 11 is 0. The molecule has 2 rings (SSSR count). The molecule has 1 amide bonds. The Kier molecular flexibility index (Phi) is 8.10. The predicted octanol–water partition coefficient (Wildman–Crippen LogP) is 4.65. The Balaban J connectivity index is 2.50. The van der Waals surface area contributed by atoms with Gasteiger partial charge in [0.2, 0.25) is 0 Å². The minimum absolute atomic E-state index is 0.0352. The summed E-state index contributed by atoms with van der Waals surface area (Å²) in [6.45, 7) is 9.91. The molecule has 1 N–H and O–H groups in total. The van der Waals surface area contributed by atoms with Gasteiger partial charge in [0.05, 0.1) is 11.7 Å². The number of carbonyl (C=O) groups is 1. The minimum atomic E-state index is -3.44. The van der Waals surface area contributed by atoms with E-state index in [0.717, 1.165) is 12.3 Å². The van der Waals surface area contributed by atoms with Crippen molar-refractivity contribution in [2.75, 3.05) is 6.26 Å². The molecular weight excluding hydrogens is 462 g/mol. The van der Waals surface area contributed by atoms with Crippen LogP contribution in [0.1, 0.15) is 63.2 Å². The molecule has 6 nitrogen and oxygen atoms in total. The van der Waals surface area contributed by atoms with E-state index in [1.807, 2.05) is 0 Å². The fourth-order valence-electron chi connectivity index (χ4n) is 2.90. The summed E-state index contributed by atoms with van der Waals surface area (Å²) in [4.78, 5) is 17.0. The molecule has 34 heavy (non-hydrogen) atoms. The summed E-state index contributed by atoms with van der Waals surface area (Å²) in [6.07, 6.45) is 0.424. The molecule has 0 aliphatic rings. The van der Waals surface area contributed by atoms with Gasteiger partial charge in [0.1, 0.15) is 27.7 Å². The standard InChI is InChI=1S/C25H30F2N2O4S/c1-16-8-9-20(10-11-25(5,6)34(7,31)32)28-22(16)21(29-23(30)33-24(2,3)4)14-17-12-18(26)15-19(27)13-17/h8-9,12-13,15,21H,14H2,1-7H3,(H,29,30)/t21-/m0/s1. The molecule has 9 heteroatoms. The number of pyridine rings is 1. The molecule has 0 saturated carbocycles. The highest BCUT2D eigenvalue weighted by Crippen LogP contribution is 2.23. The van der Waals surface area contributed by atoms with E-state index in [9.17, 15) is 22.0 Å². The van der Waals surface area contributed by atoms with Gasteiger partial charge in [0.15, 0.2) is 9.84 Å². The number of nitrogens with zero attached hydrogens (tertiary/aromatic N) is 1. The maximum absolute atomic E-state index is 13.8. The van der Waals surface area contributed by atoms with Gasteiger partial charge in [0, 0.05) is 12.3 Å². The number of carbonyl (C=O) groups excluding carboxylic acids is 1. The van der Waals surface area contributed by atoms with Crippen molar-refractivity contribution in [3.63, 3.8) is 0 Å². The van der Waals surface area contributed by atoms with Gasteiger partial charge in [0.25, 0.3) is 0 Å². The number of ether oxygens (including phenoxy) is 1. The van der Waals surface area contributed by atoms with Crippen LogP contribution in [0, 0.1) is 30.4 Å². The zero-order chi connectivity index (χ0) is 25.9. The third-order valence-electron chi connectivity index (χ3n) is 4.94. The molecule has 1 heterocycles. The number of amides is 1. The average molecular weight is 493 g/mol. The smallest absolute Gasteiger partial charge is 0.408 e. The first-order valence-corrected chi connectivity index (χ1v) is 12.5. The lowest BCUT2D eigenvalue weighted by Crippen LogP contribution is -2.36. The number of rotatable bonds is 5. The number of hydrogen-bond acceptors (Lipinski definition) is 5. The van der Waals surface area contributed by atoms with Crippen LogP contribution in [0.15, 0.2) is 30.3 Å². The molecule has 2 aromatic rings. The van der Waals surface area contributed by atoms with Gasteiger partial charge in [-0.2, -0.15) is 0 Å². The van der Waals surface area contributed by atoms with E-state index >= 15 is 0 Å². The van der Waals surface area contributed by atoms with Crippen LogP contribution in [0.2, 0.25) is 0 Å². The highest BCUT2D eigenvalue weighted by atomic mass is 32.2. The predicted molar refractivity (Wildman–Crippen MR) is 127 cm³/mol. The van der Waals surface area contributed by atoms with Crippen molar-refractivity contribution in [2.45, 2.75) is 64.4 Å². The van der Waals surface area contributed by atoms with Crippen molar-refractivity contribution in [3.8, 4) is 11.8 Å². The van der Waals surface area contributed by atoms with Crippen LogP contribution in [-0.2, 0) is 21.0 Å². The molecule has 0 radical (unpaired) electrons. The number of benzene rings is 1. The lowest BCUT2D eigenvalue weighted by Gasteiger charge is -2.24. The molecule has 184 valence electrons. The lowest BCUT2D eigenvalue weighted by atomic mass is 9.99. The van der Waals surface area contributed by atoms with Crippen molar-refractivity contribution >= 4 is 15.9 Å². The monoisotopic (exact) mass is 492 g/mol. The third kappa shape index (κ3) is 7.80. The molecule has 0 unspecified atom stereocenters. The maximum atomic E-state index is 13.8. The van der Waals surface area contributed by atoms with Crippen LogP contribution in [0.25, 0.3) is 0 Å². The van der Waals surface area contributed by atoms with E-state index in [1.165, 1.54) is 26.0 Å². The summed E-state index contributed by atoms with van der Waals surface area (Å²) in [5.41, 5.74) is 0.964. The van der Waals surface area contributed by atoms with Crippen LogP contribution in [0.4, 0.5) is 13.6 Å². The average Bonchev–Trinajstić information content (AvgIpc) is 2.63. The first-order valence-electron chi connectivity index (χ1n) is 10.6. The number of nitrogens with one attached hydrogen (secondary N) is 1. The first kappa shape index (κ1) is 27.3. The zero-order valence-electron chi connectivity index (χ0n) is 20.4. The summed E-state index contributed by atoms with van der Waals surface area (Å²) in [5, 5.41) is 2.73. The molecule has 0 aliphatic carbocycles. The zero-order valence-corrected chi connectivity index (χ0v) is 21.2. The van der Waals surface area contributed by atoms with Crippen LogP contribution in [0.5, 0.6) is 0 Å². The van der Waals surface area contributed by atoms with Crippen LogP contribution >= 0.6 is 0 Å². The fourth-order valence-corrected chi connectivity index (χ4v) is 3.14. The van der Waals surface area contributed by atoms with E-state index in [-0.39, 0.29) is 6.42 Å². The second-order valence-electron chi connectivity index (χ2n) is 9.61. The molecular formula is C25H30F2N2O4S. The fraction of sp³-hybridized carbons (Fsp3) is 0.440. The van der Waals surface area contributed by atoms with E-state index in [1.54, 1.807) is 39.8 Å². The van der Waals surface area contributed by atoms with Crippen LogP contribution in [-0.4, -0.2) is 36.1 Å². The van der Waals surface area contributed by atoms with Gasteiger partial charge >= 0.3 is 6.09 Å². The van der Waals surface area contributed by atoms with Crippen molar-refractivity contribution in [1.82, 2.24) is 10.3 Å². The molecule has 0 aliphatic heterocycles. The van der Waals surface area contributed by atoms with Gasteiger partial charge in [-0.15, -0.1) is 0 Å². The second kappa shape index (κ2) is 10.1. The van der Waals surface area contributed by atoms with Crippen molar-refractivity contribution < 1.29 is 26.7 Å². The Morgan fingerprint density at radius 3 is 2.24 bits per heavy atom. The van der Waals surface area contributed by atoms with Crippen molar-refractivity contribution in [1.29, 1.82) is 0 Å². The summed E-state index contributed by atoms with van der Waals surface area (Å²) in [5.74, 6) is 4.03. The third-order valence-corrected chi connectivity index (χ3v) is 6.89. The largest absolute Gasteiger partial charge is 0.444 e. The molecule has 0 fully saturated rings. The van der Waals surface area contributed by atoms with Crippen LogP contribution in [0.3, 0.4) is 0 Å². The van der Waals surface area contributed by atoms with E-state index in [2.05, 4.69) is 22.1 Å². The summed E-state index contributed by atoms with van der Waals surface area (Å²) in [6, 6.07) is 5.71. The lowest BCUT2D eigenvalue weighted by molar-refractivity contribution is 0.0502. The van der Waals surface area contributed by atoms with E-state index < -0.39 is 44.0 Å². The number of sulfone groups is 1. The number of aromatic nitrogens is 1. The molecule has 1 aromatic heterocycles. The van der Waals surface area contributed by atoms with E-state index in [0.29, 0.717) is 22.5 Å². The molecule has 0 saturated heterocycles. The molecule has 0 spiro atoms. The Morgan fingerprint density at radius 1 is 1.12 bits per heavy atom. The highest BCUT2D eigenvalue weighted by molar-refractivity contribution is 7.92. The van der Waals surface area contributed by atoms with Gasteiger partial charge in [-0.25, -0.2) is 27.0 Å². The van der Waals surface area contributed by atoms with Crippen molar-refractivity contribution in [2.24, 2.45) is 0 Å². The molecule has 0 bridgehead atoms. The molecule has 1 atom stereocenters. The SMILES string of the molecule is Cc1ccc(C#CC(C)(C)S(C)(=O)=O)nc1[C@H](Cc1cc(F)cc(F)c1)NC(=O)OC(C)(C)C. The van der Waals surface area contributed by atoms with Gasteiger partial charge in [-0.05, 0) is 83.2 Å². The summed E-state index contributed by atoms with van der Waals surface area (Å²) < 4.78 is 55.5. The maximum Gasteiger partial charge on any atom is 0.408 e. The number of halogens is 2. The first-order chi connectivity index (χ1) is 15.5. The Labute approximate surface area is 200 Å².